The van der Waals surface area contributed by atoms with E-state index >= 15 is 0 Å². The molecular weight excluding hydrogens is 272 g/mol. The Morgan fingerprint density at radius 2 is 2.00 bits per heavy atom. The standard InChI is InChI=1S/C11H18N2O5S/c1-3-11(16,4-2)7-13-19(17,18)8-5-9(10(14)15)12-6-8/h5-6,12-13,16H,3-4,7H2,1-2H3,(H,14,15). The van der Waals surface area contributed by atoms with Crippen molar-refractivity contribution in [3.05, 3.63) is 18.0 Å². The average molecular weight is 290 g/mol. The number of carbonyl (C=O) groups is 1. The van der Waals surface area contributed by atoms with Crippen molar-refractivity contribution in [2.24, 2.45) is 0 Å². The lowest BCUT2D eigenvalue weighted by Gasteiger charge is -2.25. The molecule has 1 rings (SSSR count). The van der Waals surface area contributed by atoms with Crippen LogP contribution in [-0.2, 0) is 10.0 Å². The molecule has 1 heterocycles. The molecule has 0 fully saturated rings. The van der Waals surface area contributed by atoms with E-state index in [2.05, 4.69) is 9.71 Å². The van der Waals surface area contributed by atoms with Gasteiger partial charge in [0.2, 0.25) is 10.0 Å². The second-order valence-corrected chi connectivity index (χ2v) is 6.08. The minimum absolute atomic E-state index is 0.115. The predicted molar refractivity (Wildman–Crippen MR) is 68.5 cm³/mol. The van der Waals surface area contributed by atoms with Gasteiger partial charge < -0.3 is 15.2 Å². The van der Waals surface area contributed by atoms with Crippen molar-refractivity contribution in [1.29, 1.82) is 0 Å². The Morgan fingerprint density at radius 3 is 2.42 bits per heavy atom. The fourth-order valence-corrected chi connectivity index (χ4v) is 2.58. The van der Waals surface area contributed by atoms with Gasteiger partial charge in [-0.3, -0.25) is 0 Å². The van der Waals surface area contributed by atoms with Crippen LogP contribution in [0.5, 0.6) is 0 Å². The van der Waals surface area contributed by atoms with Gasteiger partial charge in [0.1, 0.15) is 10.6 Å². The van der Waals surface area contributed by atoms with E-state index in [9.17, 15) is 18.3 Å². The van der Waals surface area contributed by atoms with Crippen LogP contribution in [0, 0.1) is 0 Å². The maximum absolute atomic E-state index is 11.9. The summed E-state index contributed by atoms with van der Waals surface area (Å²) in [6.45, 7) is 3.41. The molecule has 0 spiro atoms. The van der Waals surface area contributed by atoms with Crippen LogP contribution < -0.4 is 4.72 Å². The summed E-state index contributed by atoms with van der Waals surface area (Å²) in [5, 5.41) is 18.7. The fourth-order valence-electron chi connectivity index (χ4n) is 1.47. The summed E-state index contributed by atoms with van der Waals surface area (Å²) in [4.78, 5) is 12.9. The van der Waals surface area contributed by atoms with Crippen LogP contribution in [0.1, 0.15) is 37.2 Å². The number of carboxylic acid groups (broad SMARTS) is 1. The van der Waals surface area contributed by atoms with Crippen molar-refractivity contribution >= 4 is 16.0 Å². The first-order chi connectivity index (χ1) is 8.74. The summed E-state index contributed by atoms with van der Waals surface area (Å²) in [7, 11) is -3.83. The molecule has 4 N–H and O–H groups in total. The second-order valence-electron chi connectivity index (χ2n) is 4.31. The highest BCUT2D eigenvalue weighted by Crippen LogP contribution is 2.16. The van der Waals surface area contributed by atoms with Crippen LogP contribution in [0.3, 0.4) is 0 Å². The third kappa shape index (κ3) is 3.79. The van der Waals surface area contributed by atoms with Gasteiger partial charge in [-0.1, -0.05) is 13.8 Å². The zero-order valence-electron chi connectivity index (χ0n) is 10.8. The van der Waals surface area contributed by atoms with E-state index in [1.54, 1.807) is 13.8 Å². The van der Waals surface area contributed by atoms with Gasteiger partial charge in [-0.25, -0.2) is 17.9 Å². The average Bonchev–Trinajstić information content (AvgIpc) is 2.86. The Balaban J connectivity index is 2.84. The molecule has 1 aromatic heterocycles. The normalized spacial score (nSPS) is 12.6. The monoisotopic (exact) mass is 290 g/mol. The predicted octanol–water partition coefficient (Wildman–Crippen LogP) is 0.542. The van der Waals surface area contributed by atoms with E-state index in [1.807, 2.05) is 0 Å². The molecule has 0 atom stereocenters. The number of rotatable bonds is 7. The fraction of sp³-hybridized carbons (Fsp3) is 0.545. The number of H-pyrrole nitrogens is 1. The van der Waals surface area contributed by atoms with Crippen LogP contribution in [0.2, 0.25) is 0 Å². The lowest BCUT2D eigenvalue weighted by molar-refractivity contribution is 0.0377. The zero-order valence-corrected chi connectivity index (χ0v) is 11.6. The molecule has 0 radical (unpaired) electrons. The van der Waals surface area contributed by atoms with Gasteiger partial charge in [-0.2, -0.15) is 0 Å². The van der Waals surface area contributed by atoms with Crippen molar-refractivity contribution in [2.75, 3.05) is 6.54 Å². The summed E-state index contributed by atoms with van der Waals surface area (Å²) in [6, 6.07) is 1.03. The summed E-state index contributed by atoms with van der Waals surface area (Å²) in [6.07, 6.45) is 1.93. The third-order valence-electron chi connectivity index (χ3n) is 3.10. The smallest absolute Gasteiger partial charge is 0.352 e. The Bertz CT molecular complexity index is 545. The van der Waals surface area contributed by atoms with Crippen LogP contribution in [0.25, 0.3) is 0 Å². The van der Waals surface area contributed by atoms with Gasteiger partial charge in [0, 0.05) is 12.7 Å². The molecule has 0 saturated carbocycles. The van der Waals surface area contributed by atoms with Gasteiger partial charge in [0.15, 0.2) is 0 Å². The quantitative estimate of drug-likeness (QED) is 0.584. The number of carboxylic acids is 1. The third-order valence-corrected chi connectivity index (χ3v) is 4.49. The largest absolute Gasteiger partial charge is 0.477 e. The number of aromatic nitrogens is 1. The highest BCUT2D eigenvalue weighted by molar-refractivity contribution is 7.89. The molecule has 7 nitrogen and oxygen atoms in total. The van der Waals surface area contributed by atoms with E-state index in [4.69, 9.17) is 5.11 Å². The number of nitrogens with one attached hydrogen (secondary N) is 2. The van der Waals surface area contributed by atoms with Crippen LogP contribution in [0.15, 0.2) is 17.2 Å². The van der Waals surface area contributed by atoms with Gasteiger partial charge in [-0.15, -0.1) is 0 Å². The van der Waals surface area contributed by atoms with Gasteiger partial charge in [0.05, 0.1) is 5.60 Å². The van der Waals surface area contributed by atoms with E-state index in [0.29, 0.717) is 12.8 Å². The maximum Gasteiger partial charge on any atom is 0.352 e. The summed E-state index contributed by atoms with van der Waals surface area (Å²) in [5.74, 6) is -1.24. The zero-order chi connectivity index (χ0) is 14.7. The molecule has 0 unspecified atom stereocenters. The van der Waals surface area contributed by atoms with Crippen molar-refractivity contribution < 1.29 is 23.4 Å². The van der Waals surface area contributed by atoms with Crippen molar-refractivity contribution in [3.63, 3.8) is 0 Å². The number of hydrogen-bond donors (Lipinski definition) is 4. The molecule has 0 amide bonds. The van der Waals surface area contributed by atoms with Crippen LogP contribution >= 0.6 is 0 Å². The summed E-state index contributed by atoms with van der Waals surface area (Å²) >= 11 is 0. The molecule has 0 aromatic carbocycles. The molecular formula is C11H18N2O5S. The Labute approximate surface area is 111 Å². The van der Waals surface area contributed by atoms with Gasteiger partial charge >= 0.3 is 5.97 Å². The lowest BCUT2D eigenvalue weighted by atomic mass is 9.98. The molecule has 0 aliphatic carbocycles. The SMILES string of the molecule is CCC(O)(CC)CNS(=O)(=O)c1c[nH]c(C(=O)O)c1. The molecule has 0 aliphatic heterocycles. The van der Waals surface area contributed by atoms with E-state index in [-0.39, 0.29) is 17.1 Å². The Hall–Kier alpha value is -1.38. The molecule has 0 bridgehead atoms. The number of aliphatic hydroxyl groups is 1. The number of aromatic carboxylic acids is 1. The Morgan fingerprint density at radius 1 is 1.42 bits per heavy atom. The highest BCUT2D eigenvalue weighted by Gasteiger charge is 2.26. The highest BCUT2D eigenvalue weighted by atomic mass is 32.2. The van der Waals surface area contributed by atoms with E-state index in [1.165, 1.54) is 0 Å². The van der Waals surface area contributed by atoms with Crippen LogP contribution in [-0.4, -0.2) is 41.7 Å². The maximum atomic E-state index is 11.9. The minimum atomic E-state index is -3.83. The van der Waals surface area contributed by atoms with Gasteiger partial charge in [0.25, 0.3) is 0 Å². The topological polar surface area (TPSA) is 119 Å². The first kappa shape index (κ1) is 15.7. The van der Waals surface area contributed by atoms with Crippen molar-refractivity contribution in [3.8, 4) is 0 Å². The molecule has 0 saturated heterocycles. The van der Waals surface area contributed by atoms with E-state index < -0.39 is 21.6 Å². The van der Waals surface area contributed by atoms with E-state index in [0.717, 1.165) is 12.3 Å². The second kappa shape index (κ2) is 5.72. The first-order valence-corrected chi connectivity index (χ1v) is 7.36. The van der Waals surface area contributed by atoms with Crippen molar-refractivity contribution in [2.45, 2.75) is 37.2 Å². The van der Waals surface area contributed by atoms with Crippen molar-refractivity contribution in [1.82, 2.24) is 9.71 Å². The summed E-state index contributed by atoms with van der Waals surface area (Å²) < 4.78 is 26.1. The molecule has 0 aliphatic rings. The first-order valence-electron chi connectivity index (χ1n) is 5.88. The number of aromatic amines is 1. The number of hydrogen-bond acceptors (Lipinski definition) is 4. The molecule has 19 heavy (non-hydrogen) atoms. The van der Waals surface area contributed by atoms with Gasteiger partial charge in [-0.05, 0) is 18.9 Å². The number of sulfonamides is 1. The summed E-state index contributed by atoms with van der Waals surface area (Å²) in [5.41, 5.74) is -1.31. The molecule has 8 heteroatoms. The molecule has 108 valence electrons. The lowest BCUT2D eigenvalue weighted by Crippen LogP contribution is -2.41. The molecule has 1 aromatic rings. The Kier molecular flexibility index (Phi) is 4.72. The minimum Gasteiger partial charge on any atom is -0.477 e. The van der Waals surface area contributed by atoms with Crippen LogP contribution in [0.4, 0.5) is 0 Å².